The molecule has 140 valence electrons. The molecular weight excluding hydrogens is 354 g/mol. The van der Waals surface area contributed by atoms with Crippen LogP contribution in [0.3, 0.4) is 0 Å². The van der Waals surface area contributed by atoms with E-state index in [0.29, 0.717) is 44.0 Å². The Hall–Kier alpha value is -1.56. The summed E-state index contributed by atoms with van der Waals surface area (Å²) in [5, 5.41) is 11.9. The number of nitrogens with zero attached hydrogens (tertiary/aromatic N) is 1. The van der Waals surface area contributed by atoms with Crippen molar-refractivity contribution in [2.45, 2.75) is 50.7 Å². The maximum Gasteiger partial charge on any atom is 0.227 e. The first-order valence-electron chi connectivity index (χ1n) is 9.24. The maximum atomic E-state index is 12.8. The minimum absolute atomic E-state index is 0.0737. The van der Waals surface area contributed by atoms with Crippen molar-refractivity contribution in [2.24, 2.45) is 0 Å². The number of carbonyl (C=O) groups excluding carboxylic acids is 1. The van der Waals surface area contributed by atoms with Gasteiger partial charge in [0.15, 0.2) is 0 Å². The highest BCUT2D eigenvalue weighted by Crippen LogP contribution is 2.35. The van der Waals surface area contributed by atoms with Gasteiger partial charge < -0.3 is 19.2 Å². The van der Waals surface area contributed by atoms with Crippen molar-refractivity contribution in [3.63, 3.8) is 0 Å². The first kappa shape index (κ1) is 17.8. The molecule has 2 aliphatic rings. The van der Waals surface area contributed by atoms with E-state index in [0.717, 1.165) is 34.9 Å². The number of fused-ring (bicyclic) bond motifs is 1. The van der Waals surface area contributed by atoms with Crippen molar-refractivity contribution < 1.29 is 19.1 Å². The Morgan fingerprint density at radius 3 is 2.88 bits per heavy atom. The van der Waals surface area contributed by atoms with Crippen molar-refractivity contribution in [2.75, 3.05) is 19.7 Å². The Kier molecular flexibility index (Phi) is 4.71. The van der Waals surface area contributed by atoms with Gasteiger partial charge in [-0.05, 0) is 50.3 Å². The van der Waals surface area contributed by atoms with Crippen LogP contribution in [0.25, 0.3) is 11.0 Å². The van der Waals surface area contributed by atoms with Gasteiger partial charge in [0.2, 0.25) is 5.91 Å². The molecule has 1 N–H and O–H groups in total. The number of ether oxygens (including phenoxy) is 1. The third kappa shape index (κ3) is 3.13. The van der Waals surface area contributed by atoms with E-state index in [1.54, 1.807) is 6.26 Å². The summed E-state index contributed by atoms with van der Waals surface area (Å²) in [7, 11) is 0. The number of amides is 1. The molecule has 0 saturated carbocycles. The number of rotatable bonds is 2. The molecule has 1 spiro atoms. The number of aliphatic hydroxyl groups is 1. The second-order valence-corrected chi connectivity index (χ2v) is 7.89. The zero-order valence-electron chi connectivity index (χ0n) is 15.0. The number of likely N-dealkylation sites (tertiary alicyclic amines) is 1. The number of piperidine rings is 1. The van der Waals surface area contributed by atoms with Gasteiger partial charge in [0.05, 0.1) is 24.4 Å². The molecule has 1 amide bonds. The van der Waals surface area contributed by atoms with Crippen LogP contribution in [-0.4, -0.2) is 47.3 Å². The van der Waals surface area contributed by atoms with E-state index in [-0.39, 0.29) is 5.91 Å². The average Bonchev–Trinajstić information content (AvgIpc) is 3.00. The molecule has 6 heteroatoms. The van der Waals surface area contributed by atoms with Crippen LogP contribution in [0.5, 0.6) is 0 Å². The molecule has 2 aromatic rings. The fraction of sp³-hybridized carbons (Fsp3) is 0.550. The van der Waals surface area contributed by atoms with E-state index >= 15 is 0 Å². The van der Waals surface area contributed by atoms with Gasteiger partial charge in [-0.2, -0.15) is 0 Å². The zero-order valence-corrected chi connectivity index (χ0v) is 15.7. The van der Waals surface area contributed by atoms with Crippen molar-refractivity contribution >= 4 is 28.5 Å². The lowest BCUT2D eigenvalue weighted by atomic mass is 9.82. The number of benzene rings is 1. The van der Waals surface area contributed by atoms with Gasteiger partial charge >= 0.3 is 0 Å². The van der Waals surface area contributed by atoms with Gasteiger partial charge in [0, 0.05) is 35.7 Å². The van der Waals surface area contributed by atoms with Crippen LogP contribution in [-0.2, 0) is 16.0 Å². The number of hydrogen-bond donors (Lipinski definition) is 1. The number of hydrogen-bond acceptors (Lipinski definition) is 4. The monoisotopic (exact) mass is 377 g/mol. The van der Waals surface area contributed by atoms with Gasteiger partial charge in [-0.1, -0.05) is 11.6 Å². The van der Waals surface area contributed by atoms with E-state index in [2.05, 4.69) is 0 Å². The summed E-state index contributed by atoms with van der Waals surface area (Å²) >= 11 is 6.22. The minimum Gasteiger partial charge on any atom is -0.464 e. The van der Waals surface area contributed by atoms with Crippen LogP contribution < -0.4 is 0 Å². The lowest BCUT2D eigenvalue weighted by molar-refractivity contribution is -0.179. The maximum absolute atomic E-state index is 12.8. The summed E-state index contributed by atoms with van der Waals surface area (Å²) in [4.78, 5) is 14.6. The Morgan fingerprint density at radius 2 is 2.15 bits per heavy atom. The number of carbonyl (C=O) groups is 1. The largest absolute Gasteiger partial charge is 0.464 e. The van der Waals surface area contributed by atoms with Crippen LogP contribution in [0.4, 0.5) is 0 Å². The topological polar surface area (TPSA) is 62.9 Å². The highest BCUT2D eigenvalue weighted by molar-refractivity contribution is 6.32. The first-order valence-corrected chi connectivity index (χ1v) is 9.62. The number of aryl methyl sites for hydroxylation is 1. The summed E-state index contributed by atoms with van der Waals surface area (Å²) < 4.78 is 11.5. The van der Waals surface area contributed by atoms with E-state index in [1.807, 2.05) is 24.0 Å². The zero-order chi connectivity index (χ0) is 18.3. The molecule has 2 saturated heterocycles. The minimum atomic E-state index is -0.456. The van der Waals surface area contributed by atoms with E-state index in [1.165, 1.54) is 0 Å². The molecule has 0 bridgehead atoms. The Bertz CT molecular complexity index is 823. The normalized spacial score (nSPS) is 22.9. The Labute approximate surface area is 157 Å². The third-order valence-electron chi connectivity index (χ3n) is 5.86. The Balaban J connectivity index is 1.44. The summed E-state index contributed by atoms with van der Waals surface area (Å²) in [5.41, 5.74) is 2.12. The predicted octanol–water partition coefficient (Wildman–Crippen LogP) is 3.47. The van der Waals surface area contributed by atoms with Crippen molar-refractivity contribution in [1.82, 2.24) is 4.90 Å². The van der Waals surface area contributed by atoms with Crippen molar-refractivity contribution in [3.05, 3.63) is 34.5 Å². The van der Waals surface area contributed by atoms with Crippen LogP contribution in [0.1, 0.15) is 36.8 Å². The van der Waals surface area contributed by atoms with E-state index in [9.17, 15) is 9.90 Å². The molecule has 1 atom stereocenters. The first-order chi connectivity index (χ1) is 12.5. The van der Waals surface area contributed by atoms with Gasteiger partial charge in [-0.15, -0.1) is 0 Å². The summed E-state index contributed by atoms with van der Waals surface area (Å²) in [6, 6.07) is 3.77. The number of halogens is 1. The summed E-state index contributed by atoms with van der Waals surface area (Å²) in [6.07, 6.45) is 4.60. The standard InChI is InChI=1S/C20H24ClNO4/c1-13-9-17-15(11-16(13)21)14(12-25-17)10-19(24)22-6-4-20(5-7-22)18(23)3-2-8-26-20/h9,11-12,18,23H,2-8,10H2,1H3/t18-/m1/s1. The fourth-order valence-electron chi connectivity index (χ4n) is 4.14. The molecule has 26 heavy (non-hydrogen) atoms. The smallest absolute Gasteiger partial charge is 0.227 e. The highest BCUT2D eigenvalue weighted by atomic mass is 35.5. The molecular formula is C20H24ClNO4. The van der Waals surface area contributed by atoms with Crippen LogP contribution in [0, 0.1) is 6.92 Å². The third-order valence-corrected chi connectivity index (χ3v) is 6.27. The molecule has 0 radical (unpaired) electrons. The molecule has 0 unspecified atom stereocenters. The number of aliphatic hydroxyl groups excluding tert-OH is 1. The van der Waals surface area contributed by atoms with Crippen LogP contribution >= 0.6 is 11.6 Å². The summed E-state index contributed by atoms with van der Waals surface area (Å²) in [6.45, 7) is 3.86. The predicted molar refractivity (Wildman–Crippen MR) is 99.4 cm³/mol. The van der Waals surface area contributed by atoms with Gasteiger partial charge in [0.25, 0.3) is 0 Å². The van der Waals surface area contributed by atoms with Gasteiger partial charge in [-0.3, -0.25) is 4.79 Å². The lowest BCUT2D eigenvalue weighted by Gasteiger charge is -2.46. The highest BCUT2D eigenvalue weighted by Gasteiger charge is 2.44. The van der Waals surface area contributed by atoms with Crippen LogP contribution in [0.15, 0.2) is 22.8 Å². The molecule has 4 rings (SSSR count). The SMILES string of the molecule is Cc1cc2occ(CC(=O)N3CCC4(CC3)OCCC[C@H]4O)c2cc1Cl. The quantitative estimate of drug-likeness (QED) is 0.870. The average molecular weight is 378 g/mol. The van der Waals surface area contributed by atoms with E-state index in [4.69, 9.17) is 20.8 Å². The van der Waals surface area contributed by atoms with E-state index < -0.39 is 11.7 Å². The fourth-order valence-corrected chi connectivity index (χ4v) is 4.30. The molecule has 3 heterocycles. The Morgan fingerprint density at radius 1 is 1.38 bits per heavy atom. The molecule has 5 nitrogen and oxygen atoms in total. The van der Waals surface area contributed by atoms with Gasteiger partial charge in [0.1, 0.15) is 5.58 Å². The molecule has 0 aliphatic carbocycles. The van der Waals surface area contributed by atoms with Crippen molar-refractivity contribution in [3.8, 4) is 0 Å². The summed E-state index contributed by atoms with van der Waals surface area (Å²) in [5.74, 6) is 0.0737. The number of furan rings is 1. The molecule has 2 aliphatic heterocycles. The lowest BCUT2D eigenvalue weighted by Crippen LogP contribution is -2.56. The molecule has 1 aromatic carbocycles. The van der Waals surface area contributed by atoms with Gasteiger partial charge in [-0.25, -0.2) is 0 Å². The van der Waals surface area contributed by atoms with Crippen molar-refractivity contribution in [1.29, 1.82) is 0 Å². The second kappa shape index (κ2) is 6.87. The van der Waals surface area contributed by atoms with Crippen LogP contribution in [0.2, 0.25) is 5.02 Å². The molecule has 2 fully saturated rings. The second-order valence-electron chi connectivity index (χ2n) is 7.49. The molecule has 1 aromatic heterocycles.